The summed E-state index contributed by atoms with van der Waals surface area (Å²) in [7, 11) is -3.38. The summed E-state index contributed by atoms with van der Waals surface area (Å²) in [6.07, 6.45) is -0.207. The Labute approximate surface area is 80.0 Å². The fourth-order valence-corrected chi connectivity index (χ4v) is 3.00. The number of phosphoric ester groups is 1. The number of rotatable bonds is 3. The highest BCUT2D eigenvalue weighted by atomic mass is 31.2. The summed E-state index contributed by atoms with van der Waals surface area (Å²) in [6.45, 7) is 0.332. The van der Waals surface area contributed by atoms with Crippen molar-refractivity contribution in [1.82, 2.24) is 0 Å². The number of hydrogen-bond acceptors (Lipinski definition) is 6. The predicted octanol–water partition coefficient (Wildman–Crippen LogP) is -1.18. The number of hydrogen-bond donors (Lipinski definition) is 3. The van der Waals surface area contributed by atoms with Crippen molar-refractivity contribution in [3.8, 4) is 0 Å². The maximum Gasteiger partial charge on any atom is 0.483 e. The first-order chi connectivity index (χ1) is 6.50. The van der Waals surface area contributed by atoms with Crippen molar-refractivity contribution in [2.75, 3.05) is 6.54 Å². The molecule has 0 spiro atoms. The van der Waals surface area contributed by atoms with Crippen molar-refractivity contribution in [2.24, 2.45) is 22.2 Å². The molecular formula is C5H11N4O4P. The van der Waals surface area contributed by atoms with Gasteiger partial charge in [0.15, 0.2) is 5.96 Å². The summed E-state index contributed by atoms with van der Waals surface area (Å²) in [5, 5.41) is 0. The molecule has 3 aliphatic rings. The molecule has 3 fully saturated rings. The zero-order chi connectivity index (χ0) is 10.4. The van der Waals surface area contributed by atoms with Crippen molar-refractivity contribution in [2.45, 2.75) is 18.4 Å². The molecule has 9 heteroatoms. The molecule has 80 valence electrons. The van der Waals surface area contributed by atoms with E-state index in [1.165, 1.54) is 0 Å². The van der Waals surface area contributed by atoms with Gasteiger partial charge < -0.3 is 17.2 Å². The minimum atomic E-state index is -3.38. The molecule has 3 rings (SSSR count). The van der Waals surface area contributed by atoms with Gasteiger partial charge in [0.05, 0.1) is 0 Å². The van der Waals surface area contributed by atoms with Crippen LogP contribution in [0, 0.1) is 0 Å². The Morgan fingerprint density at radius 3 is 2.64 bits per heavy atom. The maximum atomic E-state index is 11.3. The summed E-state index contributed by atoms with van der Waals surface area (Å²) in [4.78, 5) is 3.69. The third-order valence-corrected chi connectivity index (χ3v) is 3.35. The van der Waals surface area contributed by atoms with Gasteiger partial charge in [-0.15, -0.1) is 0 Å². The van der Waals surface area contributed by atoms with Crippen LogP contribution in [0.5, 0.6) is 0 Å². The Morgan fingerprint density at radius 1 is 1.50 bits per heavy atom. The van der Waals surface area contributed by atoms with Crippen LogP contribution in [0.15, 0.2) is 4.99 Å². The summed E-state index contributed by atoms with van der Waals surface area (Å²) in [5.41, 5.74) is 15.7. The monoisotopic (exact) mass is 222 g/mol. The molecule has 0 aromatic carbocycles. The van der Waals surface area contributed by atoms with Crippen LogP contribution < -0.4 is 17.2 Å². The van der Waals surface area contributed by atoms with E-state index in [1.807, 2.05) is 0 Å². The van der Waals surface area contributed by atoms with Gasteiger partial charge in [-0.3, -0.25) is 4.52 Å². The average Bonchev–Trinajstić information content (AvgIpc) is 2.35. The minimum absolute atomic E-state index is 0.219. The van der Waals surface area contributed by atoms with E-state index in [0.29, 0.717) is 13.0 Å². The molecule has 3 aliphatic heterocycles. The molecule has 0 aromatic heterocycles. The first-order valence-corrected chi connectivity index (χ1v) is 5.46. The number of nitrogens with zero attached hydrogens (tertiary/aromatic N) is 1. The maximum absolute atomic E-state index is 11.3. The number of fused-ring (bicyclic) bond motifs is 1. The molecule has 0 amide bonds. The smallest absolute Gasteiger partial charge is 0.370 e. The Bertz CT molecular complexity index is 318. The average molecular weight is 222 g/mol. The fourth-order valence-electron chi connectivity index (χ4n) is 1.39. The van der Waals surface area contributed by atoms with Gasteiger partial charge in [-0.05, 0) is 13.0 Å². The van der Waals surface area contributed by atoms with E-state index in [4.69, 9.17) is 30.8 Å². The Kier molecular flexibility index (Phi) is 2.06. The van der Waals surface area contributed by atoms with Crippen molar-refractivity contribution in [3.63, 3.8) is 0 Å². The van der Waals surface area contributed by atoms with Crippen molar-refractivity contribution in [1.29, 1.82) is 0 Å². The van der Waals surface area contributed by atoms with E-state index in [2.05, 4.69) is 4.99 Å². The molecule has 0 saturated carbocycles. The molecule has 14 heavy (non-hydrogen) atoms. The zero-order valence-corrected chi connectivity index (χ0v) is 8.15. The highest BCUT2D eigenvalue weighted by molar-refractivity contribution is 7.50. The van der Waals surface area contributed by atoms with E-state index in [9.17, 15) is 4.57 Å². The van der Waals surface area contributed by atoms with E-state index < -0.39 is 19.8 Å². The third-order valence-electron chi connectivity index (χ3n) is 1.86. The third kappa shape index (κ3) is 1.32. The molecule has 0 aliphatic carbocycles. The summed E-state index contributed by atoms with van der Waals surface area (Å²) < 4.78 is 26.1. The lowest BCUT2D eigenvalue weighted by Crippen LogP contribution is -2.45. The van der Waals surface area contributed by atoms with E-state index in [-0.39, 0.29) is 5.96 Å². The lowest BCUT2D eigenvalue weighted by molar-refractivity contribution is -0.176. The number of nitrogens with two attached hydrogens (primary N) is 3. The zero-order valence-electron chi connectivity index (χ0n) is 7.25. The number of aliphatic imine (C=N–C) groups is 1. The largest absolute Gasteiger partial charge is 0.483 e. The fraction of sp³-hybridized carbons (Fsp3) is 0.800. The molecule has 0 radical (unpaired) electrons. The summed E-state index contributed by atoms with van der Waals surface area (Å²) in [5.74, 6) is -1.66. The van der Waals surface area contributed by atoms with Crippen molar-refractivity contribution >= 4 is 13.8 Å². The van der Waals surface area contributed by atoms with Gasteiger partial charge in [0.2, 0.25) is 0 Å². The first kappa shape index (κ1) is 9.88. The molecule has 8 nitrogen and oxygen atoms in total. The second-order valence-corrected chi connectivity index (χ2v) is 4.44. The predicted molar refractivity (Wildman–Crippen MR) is 46.9 cm³/mol. The molecule has 6 N–H and O–H groups in total. The second-order valence-electron chi connectivity index (χ2n) is 2.97. The van der Waals surface area contributed by atoms with Gasteiger partial charge >= 0.3 is 13.7 Å². The van der Waals surface area contributed by atoms with Gasteiger partial charge in [-0.2, -0.15) is 4.99 Å². The van der Waals surface area contributed by atoms with E-state index >= 15 is 0 Å². The van der Waals surface area contributed by atoms with Crippen LogP contribution in [-0.4, -0.2) is 24.5 Å². The molecular weight excluding hydrogens is 211 g/mol. The van der Waals surface area contributed by atoms with Crippen LogP contribution in [0.4, 0.5) is 0 Å². The molecule has 2 bridgehead atoms. The number of phosphoric acid groups is 1. The Morgan fingerprint density at radius 2 is 2.14 bits per heavy atom. The minimum Gasteiger partial charge on any atom is -0.370 e. The van der Waals surface area contributed by atoms with Gasteiger partial charge in [-0.25, -0.2) is 13.6 Å². The highest BCUT2D eigenvalue weighted by Gasteiger charge is 2.71. The topological polar surface area (TPSA) is 135 Å². The molecule has 3 saturated heterocycles. The van der Waals surface area contributed by atoms with Gasteiger partial charge in [0.1, 0.15) is 6.10 Å². The highest BCUT2D eigenvalue weighted by Crippen LogP contribution is 2.74. The van der Waals surface area contributed by atoms with Gasteiger partial charge in [-0.1, -0.05) is 0 Å². The standard InChI is InChI=1S/C5H11N4O4P/c6-2-1-3-5(9-4(7)8)12-14(10,11-3)13-5/h3H,1-2,6H2,(H4,7,8,9). The van der Waals surface area contributed by atoms with Crippen molar-refractivity contribution in [3.05, 3.63) is 0 Å². The molecule has 3 heterocycles. The van der Waals surface area contributed by atoms with Gasteiger partial charge in [0, 0.05) is 0 Å². The summed E-state index contributed by atoms with van der Waals surface area (Å²) in [6, 6.07) is 0. The van der Waals surface area contributed by atoms with Crippen LogP contribution in [0.25, 0.3) is 0 Å². The molecule has 0 aromatic rings. The van der Waals surface area contributed by atoms with E-state index in [0.717, 1.165) is 0 Å². The number of guanidine groups is 1. The first-order valence-electron chi connectivity index (χ1n) is 4.00. The van der Waals surface area contributed by atoms with Crippen LogP contribution >= 0.6 is 7.82 Å². The lowest BCUT2D eigenvalue weighted by Gasteiger charge is -2.31. The lowest BCUT2D eigenvalue weighted by atomic mass is 10.2. The summed E-state index contributed by atoms with van der Waals surface area (Å²) >= 11 is 0. The quantitative estimate of drug-likeness (QED) is 0.310. The van der Waals surface area contributed by atoms with Crippen LogP contribution in [0.3, 0.4) is 0 Å². The van der Waals surface area contributed by atoms with Crippen LogP contribution in [0.1, 0.15) is 6.42 Å². The molecule has 1 unspecified atom stereocenters. The Balaban J connectivity index is 2.20. The molecule has 1 atom stereocenters. The van der Waals surface area contributed by atoms with Crippen molar-refractivity contribution < 1.29 is 18.1 Å². The normalized spacial score (nSPS) is 44.5. The van der Waals surface area contributed by atoms with E-state index in [1.54, 1.807) is 0 Å². The van der Waals surface area contributed by atoms with Crippen LogP contribution in [0.2, 0.25) is 0 Å². The SMILES string of the molecule is NCCC1OP2(=O)OC1(N=C(N)N)O2. The second kappa shape index (κ2) is 2.91. The Hall–Kier alpha value is -0.660. The van der Waals surface area contributed by atoms with Crippen LogP contribution in [-0.2, 0) is 18.1 Å². The van der Waals surface area contributed by atoms with Gasteiger partial charge in [0.25, 0.3) is 0 Å².